The van der Waals surface area contributed by atoms with Crippen LogP contribution in [-0.2, 0) is 6.54 Å². The predicted molar refractivity (Wildman–Crippen MR) is 79.4 cm³/mol. The Balaban J connectivity index is 2.06. The molecule has 2 nitrogen and oxygen atoms in total. The molecule has 5 heteroatoms. The summed E-state index contributed by atoms with van der Waals surface area (Å²) in [4.78, 5) is 12.0. The second-order valence-electron chi connectivity index (χ2n) is 3.92. The number of hydrogen-bond donors (Lipinski definition) is 1. The first kappa shape index (κ1) is 13.6. The molecule has 2 rings (SSSR count). The average Bonchev–Trinajstić information content (AvgIpc) is 2.70. The summed E-state index contributed by atoms with van der Waals surface area (Å²) in [6.07, 6.45) is 0. The van der Waals surface area contributed by atoms with E-state index in [0.717, 1.165) is 10.0 Å². The molecule has 1 heterocycles. The molecule has 1 N–H and O–H groups in total. The van der Waals surface area contributed by atoms with Gasteiger partial charge in [-0.1, -0.05) is 27.5 Å². The van der Waals surface area contributed by atoms with Crippen LogP contribution in [0.2, 0.25) is 5.02 Å². The zero-order valence-electron chi connectivity index (χ0n) is 9.67. The van der Waals surface area contributed by atoms with Crippen molar-refractivity contribution in [3.8, 4) is 0 Å². The van der Waals surface area contributed by atoms with Gasteiger partial charge in [0.25, 0.3) is 5.91 Å². The van der Waals surface area contributed by atoms with E-state index in [1.807, 2.05) is 12.3 Å². The molecule has 2 aromatic rings. The van der Waals surface area contributed by atoms with Crippen LogP contribution in [-0.4, -0.2) is 5.91 Å². The van der Waals surface area contributed by atoms with Crippen molar-refractivity contribution in [1.82, 2.24) is 5.32 Å². The minimum Gasteiger partial charge on any atom is -0.348 e. The highest BCUT2D eigenvalue weighted by atomic mass is 79.9. The van der Waals surface area contributed by atoms with Gasteiger partial charge in [-0.25, -0.2) is 0 Å². The van der Waals surface area contributed by atoms with Crippen molar-refractivity contribution in [2.75, 3.05) is 0 Å². The minimum absolute atomic E-state index is 0.121. The molecule has 1 aromatic carbocycles. The van der Waals surface area contributed by atoms with Gasteiger partial charge in [-0.3, -0.25) is 4.79 Å². The molecule has 1 amide bonds. The van der Waals surface area contributed by atoms with Crippen LogP contribution >= 0.6 is 38.9 Å². The number of amides is 1. The maximum atomic E-state index is 12.0. The van der Waals surface area contributed by atoms with Crippen molar-refractivity contribution >= 4 is 44.8 Å². The predicted octanol–water partition coefficient (Wildman–Crippen LogP) is 4.40. The zero-order valence-corrected chi connectivity index (χ0v) is 12.8. The molecule has 94 valence electrons. The molecule has 1 aromatic heterocycles. The summed E-state index contributed by atoms with van der Waals surface area (Å²) in [6, 6.07) is 5.16. The van der Waals surface area contributed by atoms with Crippen molar-refractivity contribution in [1.29, 1.82) is 0 Å². The van der Waals surface area contributed by atoms with Gasteiger partial charge in [-0.15, -0.1) is 0 Å². The summed E-state index contributed by atoms with van der Waals surface area (Å²) in [5.74, 6) is -0.121. The van der Waals surface area contributed by atoms with Gasteiger partial charge < -0.3 is 5.32 Å². The van der Waals surface area contributed by atoms with Gasteiger partial charge in [0.1, 0.15) is 0 Å². The van der Waals surface area contributed by atoms with Crippen LogP contribution in [0.4, 0.5) is 0 Å². The summed E-state index contributed by atoms with van der Waals surface area (Å²) in [5, 5.41) is 7.54. The Labute approximate surface area is 123 Å². The highest BCUT2D eigenvalue weighted by Gasteiger charge is 2.08. The highest BCUT2D eigenvalue weighted by molar-refractivity contribution is 9.10. The Morgan fingerprint density at radius 2 is 2.17 bits per heavy atom. The van der Waals surface area contributed by atoms with Crippen LogP contribution in [0.3, 0.4) is 0 Å². The molecule has 0 saturated heterocycles. The van der Waals surface area contributed by atoms with Gasteiger partial charge in [-0.2, -0.15) is 11.3 Å². The van der Waals surface area contributed by atoms with E-state index in [2.05, 4.69) is 26.6 Å². The molecule has 0 fully saturated rings. The lowest BCUT2D eigenvalue weighted by atomic mass is 10.2. The number of thiophene rings is 1. The number of aryl methyl sites for hydroxylation is 1. The van der Waals surface area contributed by atoms with E-state index in [-0.39, 0.29) is 5.91 Å². The van der Waals surface area contributed by atoms with Gasteiger partial charge in [0.05, 0.1) is 0 Å². The van der Waals surface area contributed by atoms with Crippen molar-refractivity contribution in [2.24, 2.45) is 0 Å². The normalized spacial score (nSPS) is 10.4. The molecule has 0 aliphatic rings. The van der Waals surface area contributed by atoms with Gasteiger partial charge in [-0.05, 0) is 47.0 Å². The molecule has 0 radical (unpaired) electrons. The van der Waals surface area contributed by atoms with Gasteiger partial charge in [0.2, 0.25) is 0 Å². The first-order chi connectivity index (χ1) is 8.56. The lowest BCUT2D eigenvalue weighted by molar-refractivity contribution is 0.0951. The number of carbonyl (C=O) groups excluding carboxylic acids is 1. The average molecular weight is 345 g/mol. The molecule has 0 atom stereocenters. The van der Waals surface area contributed by atoms with E-state index in [4.69, 9.17) is 11.6 Å². The molecule has 0 bridgehead atoms. The maximum Gasteiger partial charge on any atom is 0.251 e. The summed E-state index contributed by atoms with van der Waals surface area (Å²) < 4.78 is 0.798. The quantitative estimate of drug-likeness (QED) is 0.878. The van der Waals surface area contributed by atoms with E-state index >= 15 is 0 Å². The van der Waals surface area contributed by atoms with Crippen molar-refractivity contribution < 1.29 is 4.79 Å². The molecule has 0 spiro atoms. The number of carbonyl (C=O) groups is 1. The van der Waals surface area contributed by atoms with Crippen LogP contribution < -0.4 is 5.32 Å². The fourth-order valence-electron chi connectivity index (χ4n) is 1.53. The number of rotatable bonds is 3. The summed E-state index contributed by atoms with van der Waals surface area (Å²) in [7, 11) is 0. The number of halogens is 2. The summed E-state index contributed by atoms with van der Waals surface area (Å²) in [6.45, 7) is 2.58. The molecule has 0 saturated carbocycles. The summed E-state index contributed by atoms with van der Waals surface area (Å²) >= 11 is 10.9. The largest absolute Gasteiger partial charge is 0.348 e. The summed E-state index contributed by atoms with van der Waals surface area (Å²) in [5.41, 5.74) is 2.91. The van der Waals surface area contributed by atoms with E-state index in [1.165, 1.54) is 5.56 Å². The number of hydrogen-bond acceptors (Lipinski definition) is 2. The number of benzene rings is 1. The van der Waals surface area contributed by atoms with E-state index in [9.17, 15) is 4.79 Å². The van der Waals surface area contributed by atoms with Crippen LogP contribution in [0.5, 0.6) is 0 Å². The second kappa shape index (κ2) is 5.87. The van der Waals surface area contributed by atoms with E-state index in [1.54, 1.807) is 29.5 Å². The SMILES string of the molecule is Cc1cscc1CNC(=O)c1cc(Cl)cc(Br)c1. The van der Waals surface area contributed by atoms with Gasteiger partial charge in [0, 0.05) is 21.6 Å². The van der Waals surface area contributed by atoms with Crippen molar-refractivity contribution in [3.05, 3.63) is 55.1 Å². The monoisotopic (exact) mass is 343 g/mol. The first-order valence-corrected chi connectivity index (χ1v) is 7.43. The molecule has 0 unspecified atom stereocenters. The molecular formula is C13H11BrClNOS. The van der Waals surface area contributed by atoms with Gasteiger partial charge >= 0.3 is 0 Å². The Morgan fingerprint density at radius 3 is 2.78 bits per heavy atom. The van der Waals surface area contributed by atoms with Gasteiger partial charge in [0.15, 0.2) is 0 Å². The van der Waals surface area contributed by atoms with Crippen LogP contribution in [0, 0.1) is 6.92 Å². The molecular weight excluding hydrogens is 334 g/mol. The number of nitrogens with one attached hydrogen (secondary N) is 1. The Hall–Kier alpha value is -0.840. The van der Waals surface area contributed by atoms with Crippen LogP contribution in [0.25, 0.3) is 0 Å². The van der Waals surface area contributed by atoms with Crippen molar-refractivity contribution in [2.45, 2.75) is 13.5 Å². The Bertz CT molecular complexity index is 562. The fraction of sp³-hybridized carbons (Fsp3) is 0.154. The third-order valence-corrected chi connectivity index (χ3v) is 4.11. The van der Waals surface area contributed by atoms with E-state index in [0.29, 0.717) is 17.1 Å². The van der Waals surface area contributed by atoms with Crippen LogP contribution in [0.1, 0.15) is 21.5 Å². The zero-order chi connectivity index (χ0) is 13.1. The molecule has 0 aliphatic heterocycles. The third-order valence-electron chi connectivity index (χ3n) is 2.53. The Morgan fingerprint density at radius 1 is 1.39 bits per heavy atom. The lowest BCUT2D eigenvalue weighted by Gasteiger charge is -2.06. The Kier molecular flexibility index (Phi) is 4.43. The highest BCUT2D eigenvalue weighted by Crippen LogP contribution is 2.20. The lowest BCUT2D eigenvalue weighted by Crippen LogP contribution is -2.22. The molecule has 18 heavy (non-hydrogen) atoms. The fourth-order valence-corrected chi connectivity index (χ4v) is 3.25. The second-order valence-corrected chi connectivity index (χ2v) is 6.02. The maximum absolute atomic E-state index is 12.0. The molecule has 0 aliphatic carbocycles. The standard InChI is InChI=1S/C13H11BrClNOS/c1-8-6-18-7-10(8)5-16-13(17)9-2-11(14)4-12(15)3-9/h2-4,6-7H,5H2,1H3,(H,16,17). The smallest absolute Gasteiger partial charge is 0.251 e. The topological polar surface area (TPSA) is 29.1 Å². The third kappa shape index (κ3) is 3.34. The van der Waals surface area contributed by atoms with Crippen LogP contribution in [0.15, 0.2) is 33.4 Å². The minimum atomic E-state index is -0.121. The van der Waals surface area contributed by atoms with Crippen molar-refractivity contribution in [3.63, 3.8) is 0 Å². The van der Waals surface area contributed by atoms with E-state index < -0.39 is 0 Å². The first-order valence-electron chi connectivity index (χ1n) is 5.32.